The third-order valence-corrected chi connectivity index (χ3v) is 9.45. The van der Waals surface area contributed by atoms with E-state index in [1.807, 2.05) is 24.3 Å². The Morgan fingerprint density at radius 3 is 2.70 bits per heavy atom. The maximum atomic E-state index is 13.1. The molecule has 0 saturated heterocycles. The van der Waals surface area contributed by atoms with Gasteiger partial charge in [-0.3, -0.25) is 9.89 Å². The molecule has 8 nitrogen and oxygen atoms in total. The van der Waals surface area contributed by atoms with Crippen LogP contribution in [0.3, 0.4) is 0 Å². The van der Waals surface area contributed by atoms with Crippen LogP contribution in [0.2, 0.25) is 0 Å². The second-order valence-electron chi connectivity index (χ2n) is 11.8. The lowest BCUT2D eigenvalue weighted by Gasteiger charge is -2.21. The summed E-state index contributed by atoms with van der Waals surface area (Å²) in [5.41, 5.74) is 16.0. The number of aromatic amines is 2. The Hall–Kier alpha value is -4.50. The highest BCUT2D eigenvalue weighted by molar-refractivity contribution is 7.13. The Morgan fingerprint density at radius 1 is 1.02 bits per heavy atom. The summed E-state index contributed by atoms with van der Waals surface area (Å²) in [5, 5.41) is 11.0. The lowest BCUT2D eigenvalue weighted by atomic mass is 9.88. The lowest BCUT2D eigenvalue weighted by molar-refractivity contribution is -0.125. The van der Waals surface area contributed by atoms with Gasteiger partial charge in [0, 0.05) is 44.8 Å². The van der Waals surface area contributed by atoms with Crippen LogP contribution >= 0.6 is 11.3 Å². The van der Waals surface area contributed by atoms with Crippen LogP contribution in [0, 0.1) is 12.8 Å². The molecule has 0 unspecified atom stereocenters. The topological polar surface area (TPSA) is 125 Å². The van der Waals surface area contributed by atoms with Gasteiger partial charge in [-0.1, -0.05) is 30.9 Å². The minimum atomic E-state index is 0.0930. The fourth-order valence-electron chi connectivity index (χ4n) is 6.13. The van der Waals surface area contributed by atoms with Crippen LogP contribution in [0.4, 0.5) is 0 Å². The number of allylic oxidation sites excluding steroid dienone is 8. The van der Waals surface area contributed by atoms with Crippen molar-refractivity contribution in [2.45, 2.75) is 58.8 Å². The average molecular weight is 590 g/mol. The number of thiophene rings is 1. The van der Waals surface area contributed by atoms with E-state index in [2.05, 4.69) is 64.7 Å². The van der Waals surface area contributed by atoms with Crippen LogP contribution in [0.15, 0.2) is 71.6 Å². The minimum Gasteiger partial charge on any atom is -0.402 e. The predicted octanol–water partition coefficient (Wildman–Crippen LogP) is 6.86. The van der Waals surface area contributed by atoms with Crippen molar-refractivity contribution in [2.75, 3.05) is 0 Å². The monoisotopic (exact) mass is 589 g/mol. The van der Waals surface area contributed by atoms with E-state index in [1.165, 1.54) is 16.9 Å². The number of rotatable bonds is 5. The van der Waals surface area contributed by atoms with Crippen molar-refractivity contribution in [3.05, 3.63) is 98.4 Å². The summed E-state index contributed by atoms with van der Waals surface area (Å²) in [6, 6.07) is 8.26. The van der Waals surface area contributed by atoms with Crippen LogP contribution in [0.25, 0.3) is 33.7 Å². The van der Waals surface area contributed by atoms with E-state index < -0.39 is 0 Å². The van der Waals surface area contributed by atoms with Crippen LogP contribution in [-0.4, -0.2) is 31.1 Å². The highest BCUT2D eigenvalue weighted by Gasteiger charge is 2.24. The van der Waals surface area contributed by atoms with Gasteiger partial charge in [-0.2, -0.15) is 5.10 Å². The number of hydrogen-bond donors (Lipinski definition) is 4. The highest BCUT2D eigenvalue weighted by Crippen LogP contribution is 2.35. The second-order valence-corrected chi connectivity index (χ2v) is 13.1. The van der Waals surface area contributed by atoms with E-state index in [4.69, 9.17) is 15.7 Å². The molecule has 0 aromatic carbocycles. The first kappa shape index (κ1) is 27.3. The molecule has 1 fully saturated rings. The Balaban J connectivity index is 1.23. The molecule has 0 aliphatic heterocycles. The zero-order valence-electron chi connectivity index (χ0n) is 24.5. The summed E-state index contributed by atoms with van der Waals surface area (Å²) in [4.78, 5) is 29.1. The Morgan fingerprint density at radius 2 is 1.88 bits per heavy atom. The van der Waals surface area contributed by atoms with Crippen molar-refractivity contribution in [3.8, 4) is 11.5 Å². The molecule has 7 rings (SSSR count). The first-order valence-electron chi connectivity index (χ1n) is 15.0. The highest BCUT2D eigenvalue weighted by atomic mass is 32.1. The number of fused-ring (bicyclic) bond motifs is 2. The number of carbonyl (C=O) groups excluding carboxylic acids is 1. The number of nitrogens with one attached hydrogen (secondary N) is 3. The number of nitrogens with zero attached hydrogens (tertiary/aromatic N) is 3. The van der Waals surface area contributed by atoms with E-state index >= 15 is 0 Å². The van der Waals surface area contributed by atoms with Crippen molar-refractivity contribution >= 4 is 39.4 Å². The number of aryl methyl sites for hydroxylation is 1. The third-order valence-electron chi connectivity index (χ3n) is 8.41. The Bertz CT molecular complexity index is 1890. The van der Waals surface area contributed by atoms with E-state index in [1.54, 1.807) is 11.3 Å². The third kappa shape index (κ3) is 5.52. The molecule has 0 spiro atoms. The molecular weight excluding hydrogens is 554 g/mol. The first-order chi connectivity index (χ1) is 20.9. The van der Waals surface area contributed by atoms with E-state index in [-0.39, 0.29) is 11.8 Å². The van der Waals surface area contributed by atoms with Gasteiger partial charge < -0.3 is 16.0 Å². The Kier molecular flexibility index (Phi) is 7.18. The van der Waals surface area contributed by atoms with Crippen molar-refractivity contribution in [2.24, 2.45) is 11.7 Å². The summed E-state index contributed by atoms with van der Waals surface area (Å²) in [5.74, 6) is 0.865. The standard InChI is InChI=1S/C34H35N7OS/c1-19-8-10-22(17-24(16-19)36-34(42)21-6-4-3-5-7-21)26-13-14-27-31(37-26)32(41-40-27)33-38-28-18-23(35)11-12-25(30(28)39-33)29-15-9-20(2)43-29/h9-17,21H,3-8,18,35H2,1-2H3,(H,36,42)(H,38,39)(H,40,41). The fourth-order valence-corrected chi connectivity index (χ4v) is 7.02. The molecule has 1 amide bonds. The fraction of sp³-hybridized carbons (Fsp3) is 0.294. The summed E-state index contributed by atoms with van der Waals surface area (Å²) < 4.78 is 0. The molecule has 4 aromatic heterocycles. The molecule has 3 aliphatic rings. The molecule has 9 heteroatoms. The van der Waals surface area contributed by atoms with Crippen LogP contribution in [-0.2, 0) is 11.2 Å². The largest absolute Gasteiger partial charge is 0.402 e. The van der Waals surface area contributed by atoms with Crippen molar-refractivity contribution in [3.63, 3.8) is 0 Å². The van der Waals surface area contributed by atoms with Gasteiger partial charge in [0.25, 0.3) is 0 Å². The molecule has 218 valence electrons. The van der Waals surface area contributed by atoms with Gasteiger partial charge in [0.05, 0.1) is 16.9 Å². The minimum absolute atomic E-state index is 0.0930. The number of carbonyl (C=O) groups is 1. The van der Waals surface area contributed by atoms with Gasteiger partial charge in [-0.15, -0.1) is 11.3 Å². The van der Waals surface area contributed by atoms with E-state index in [9.17, 15) is 4.79 Å². The van der Waals surface area contributed by atoms with E-state index in [0.717, 1.165) is 87.6 Å². The van der Waals surface area contributed by atoms with Gasteiger partial charge >= 0.3 is 0 Å². The van der Waals surface area contributed by atoms with Gasteiger partial charge in [-0.05, 0) is 87.3 Å². The number of pyridine rings is 1. The molecule has 5 N–H and O–H groups in total. The van der Waals surface area contributed by atoms with Crippen molar-refractivity contribution < 1.29 is 4.79 Å². The number of hydrogen-bond acceptors (Lipinski definition) is 6. The Labute approximate surface area is 254 Å². The summed E-state index contributed by atoms with van der Waals surface area (Å²) in [7, 11) is 0. The smallest absolute Gasteiger partial charge is 0.227 e. The summed E-state index contributed by atoms with van der Waals surface area (Å²) >= 11 is 1.74. The molecule has 1 saturated carbocycles. The number of H-pyrrole nitrogens is 2. The zero-order valence-corrected chi connectivity index (χ0v) is 25.3. The second kappa shape index (κ2) is 11.3. The first-order valence-corrected chi connectivity index (χ1v) is 15.8. The SMILES string of the molecule is CC1=CC(NC(=O)C2CCCCC2)=CC(c2ccc3[nH]nc(-c4nc5c([nH]4)CC(N)=CC=C5c4ccc(C)s4)c3n2)=CC1. The molecule has 3 aliphatic carbocycles. The molecule has 4 heterocycles. The maximum absolute atomic E-state index is 13.1. The summed E-state index contributed by atoms with van der Waals surface area (Å²) in [6.45, 7) is 4.20. The number of aromatic nitrogens is 5. The quantitative estimate of drug-likeness (QED) is 0.202. The molecule has 0 bridgehead atoms. The predicted molar refractivity (Wildman–Crippen MR) is 173 cm³/mol. The van der Waals surface area contributed by atoms with Gasteiger partial charge in [-0.25, -0.2) is 9.97 Å². The molecule has 4 aromatic rings. The van der Waals surface area contributed by atoms with Gasteiger partial charge in [0.15, 0.2) is 11.5 Å². The maximum Gasteiger partial charge on any atom is 0.227 e. The molecule has 0 radical (unpaired) electrons. The van der Waals surface area contributed by atoms with Gasteiger partial charge in [0.1, 0.15) is 5.52 Å². The van der Waals surface area contributed by atoms with Crippen LogP contribution in [0.5, 0.6) is 0 Å². The van der Waals surface area contributed by atoms with Crippen molar-refractivity contribution in [1.29, 1.82) is 0 Å². The number of imidazole rings is 1. The molecular formula is C34H35N7OS. The number of nitrogens with two attached hydrogens (primary N) is 1. The van der Waals surface area contributed by atoms with Crippen LogP contribution < -0.4 is 11.1 Å². The lowest BCUT2D eigenvalue weighted by Crippen LogP contribution is -2.31. The normalized spacial score (nSPS) is 17.7. The molecule has 0 atom stereocenters. The number of amides is 1. The zero-order chi connectivity index (χ0) is 29.5. The summed E-state index contributed by atoms with van der Waals surface area (Å²) in [6.07, 6.45) is 17.1. The van der Waals surface area contributed by atoms with Crippen molar-refractivity contribution in [1.82, 2.24) is 30.5 Å². The van der Waals surface area contributed by atoms with Gasteiger partial charge in [0.2, 0.25) is 5.91 Å². The average Bonchev–Trinajstić information content (AvgIpc) is 3.68. The van der Waals surface area contributed by atoms with E-state index in [0.29, 0.717) is 17.9 Å². The molecule has 43 heavy (non-hydrogen) atoms. The van der Waals surface area contributed by atoms with Crippen LogP contribution in [0.1, 0.15) is 72.3 Å².